The van der Waals surface area contributed by atoms with Gasteiger partial charge in [0.2, 0.25) is 0 Å². The molecular formula is C12H18O4. The van der Waals surface area contributed by atoms with E-state index in [0.29, 0.717) is 25.0 Å². The van der Waals surface area contributed by atoms with Gasteiger partial charge in [0.1, 0.15) is 0 Å². The molecule has 0 spiro atoms. The first-order chi connectivity index (χ1) is 7.74. The molecule has 0 aromatic rings. The molecule has 1 aliphatic carbocycles. The lowest BCUT2D eigenvalue weighted by Crippen LogP contribution is -2.25. The van der Waals surface area contributed by atoms with E-state index in [0.717, 1.165) is 25.7 Å². The van der Waals surface area contributed by atoms with E-state index in [1.54, 1.807) is 0 Å². The van der Waals surface area contributed by atoms with E-state index in [1.165, 1.54) is 0 Å². The van der Waals surface area contributed by atoms with Crippen LogP contribution in [0.4, 0.5) is 0 Å². The topological polar surface area (TPSA) is 52.6 Å². The zero-order valence-corrected chi connectivity index (χ0v) is 9.44. The van der Waals surface area contributed by atoms with Gasteiger partial charge in [-0.1, -0.05) is 0 Å². The van der Waals surface area contributed by atoms with E-state index in [1.807, 2.05) is 0 Å². The van der Waals surface area contributed by atoms with Crippen LogP contribution in [0.1, 0.15) is 38.5 Å². The monoisotopic (exact) mass is 226 g/mol. The van der Waals surface area contributed by atoms with Crippen LogP contribution >= 0.6 is 0 Å². The maximum atomic E-state index is 11.3. The van der Waals surface area contributed by atoms with E-state index in [9.17, 15) is 9.59 Å². The zero-order chi connectivity index (χ0) is 11.4. The van der Waals surface area contributed by atoms with Gasteiger partial charge >= 0.3 is 11.9 Å². The van der Waals surface area contributed by atoms with Crippen molar-refractivity contribution in [1.82, 2.24) is 0 Å². The molecule has 0 aromatic heterocycles. The van der Waals surface area contributed by atoms with Gasteiger partial charge in [0.05, 0.1) is 26.1 Å². The second kappa shape index (κ2) is 5.32. The van der Waals surface area contributed by atoms with Crippen LogP contribution in [-0.2, 0) is 19.1 Å². The van der Waals surface area contributed by atoms with Gasteiger partial charge in [0, 0.05) is 0 Å². The highest BCUT2D eigenvalue weighted by Gasteiger charge is 2.24. The number of hydrogen-bond donors (Lipinski definition) is 0. The van der Waals surface area contributed by atoms with Gasteiger partial charge in [0.25, 0.3) is 0 Å². The van der Waals surface area contributed by atoms with Crippen molar-refractivity contribution >= 4 is 11.9 Å². The molecule has 3 fully saturated rings. The number of ether oxygens (including phenoxy) is 2. The van der Waals surface area contributed by atoms with Gasteiger partial charge in [-0.2, -0.15) is 0 Å². The molecule has 2 aliphatic heterocycles. The highest BCUT2D eigenvalue weighted by Crippen LogP contribution is 2.29. The van der Waals surface area contributed by atoms with E-state index in [-0.39, 0.29) is 24.8 Å². The van der Waals surface area contributed by atoms with Crippen molar-refractivity contribution in [2.75, 3.05) is 13.2 Å². The Kier molecular flexibility index (Phi) is 3.80. The summed E-state index contributed by atoms with van der Waals surface area (Å²) >= 11 is 0. The Morgan fingerprint density at radius 3 is 1.50 bits per heavy atom. The van der Waals surface area contributed by atoms with Crippen molar-refractivity contribution in [3.8, 4) is 0 Å². The summed E-state index contributed by atoms with van der Waals surface area (Å²) in [5.41, 5.74) is 0. The van der Waals surface area contributed by atoms with Crippen LogP contribution in [0.3, 0.4) is 0 Å². The van der Waals surface area contributed by atoms with Crippen LogP contribution in [0.2, 0.25) is 0 Å². The van der Waals surface area contributed by atoms with Crippen molar-refractivity contribution in [2.24, 2.45) is 11.8 Å². The largest absolute Gasteiger partial charge is 0.465 e. The third-order valence-electron chi connectivity index (χ3n) is 3.46. The molecule has 4 heteroatoms. The van der Waals surface area contributed by atoms with Crippen LogP contribution in [0.5, 0.6) is 0 Å². The number of esters is 2. The van der Waals surface area contributed by atoms with Gasteiger partial charge in [-0.3, -0.25) is 9.59 Å². The molecule has 3 rings (SSSR count). The lowest BCUT2D eigenvalue weighted by molar-refractivity contribution is -0.153. The summed E-state index contributed by atoms with van der Waals surface area (Å²) in [7, 11) is 0. The second-order valence-corrected chi connectivity index (χ2v) is 4.75. The lowest BCUT2D eigenvalue weighted by Gasteiger charge is -2.28. The number of fused-ring (bicyclic) bond motifs is 9. The maximum absolute atomic E-state index is 11.3. The minimum Gasteiger partial charge on any atom is -0.465 e. The molecule has 90 valence electrons. The summed E-state index contributed by atoms with van der Waals surface area (Å²) in [5, 5.41) is 0. The molecule has 3 aliphatic rings. The number of rotatable bonds is 0. The Hall–Kier alpha value is -1.06. The fourth-order valence-electron chi connectivity index (χ4n) is 2.33. The summed E-state index contributed by atoms with van der Waals surface area (Å²) in [6.45, 7) is 1.06. The third kappa shape index (κ3) is 3.22. The van der Waals surface area contributed by atoms with Gasteiger partial charge in [-0.05, 0) is 37.5 Å². The highest BCUT2D eigenvalue weighted by atomic mass is 16.5. The Balaban J connectivity index is 1.92. The molecule has 1 saturated carbocycles. The van der Waals surface area contributed by atoms with Gasteiger partial charge in [-0.25, -0.2) is 0 Å². The number of carbonyl (C=O) groups is 2. The van der Waals surface area contributed by atoms with Gasteiger partial charge in [0.15, 0.2) is 0 Å². The molecule has 2 heterocycles. The van der Waals surface area contributed by atoms with Gasteiger partial charge < -0.3 is 9.47 Å². The predicted molar refractivity (Wildman–Crippen MR) is 56.6 cm³/mol. The normalized spacial score (nSPS) is 32.2. The molecule has 2 saturated heterocycles. The van der Waals surface area contributed by atoms with E-state index < -0.39 is 0 Å². The summed E-state index contributed by atoms with van der Waals surface area (Å²) in [6.07, 6.45) is 4.61. The fourth-order valence-corrected chi connectivity index (χ4v) is 2.33. The zero-order valence-electron chi connectivity index (χ0n) is 9.44. The van der Waals surface area contributed by atoms with Crippen molar-refractivity contribution in [1.29, 1.82) is 0 Å². The molecule has 0 amide bonds. The van der Waals surface area contributed by atoms with Crippen LogP contribution in [-0.4, -0.2) is 25.2 Å². The Labute approximate surface area is 95.3 Å². The highest BCUT2D eigenvalue weighted by molar-refractivity contribution is 5.77. The molecule has 16 heavy (non-hydrogen) atoms. The quantitative estimate of drug-likeness (QED) is 0.590. The molecule has 0 unspecified atom stereocenters. The van der Waals surface area contributed by atoms with Gasteiger partial charge in [-0.15, -0.1) is 0 Å². The molecular weight excluding hydrogens is 208 g/mol. The van der Waals surface area contributed by atoms with Crippen LogP contribution in [0, 0.1) is 11.8 Å². The van der Waals surface area contributed by atoms with Crippen LogP contribution < -0.4 is 0 Å². The van der Waals surface area contributed by atoms with E-state index in [4.69, 9.17) is 9.47 Å². The molecule has 0 atom stereocenters. The fraction of sp³-hybridized carbons (Fsp3) is 0.833. The summed E-state index contributed by atoms with van der Waals surface area (Å²) in [4.78, 5) is 22.6. The minimum absolute atomic E-state index is 0.149. The first kappa shape index (κ1) is 11.4. The predicted octanol–water partition coefficient (Wildman–Crippen LogP) is 1.67. The van der Waals surface area contributed by atoms with Crippen molar-refractivity contribution in [2.45, 2.75) is 38.5 Å². The SMILES string of the molecule is O=C1CCC(=O)OC[C@H]2CC[C@H](CC2)CO1. The first-order valence-electron chi connectivity index (χ1n) is 6.05. The lowest BCUT2D eigenvalue weighted by atomic mass is 9.83. The third-order valence-corrected chi connectivity index (χ3v) is 3.46. The molecule has 4 nitrogen and oxygen atoms in total. The smallest absolute Gasteiger partial charge is 0.306 e. The molecule has 0 aromatic carbocycles. The number of carbonyl (C=O) groups excluding carboxylic acids is 2. The number of hydrogen-bond acceptors (Lipinski definition) is 4. The van der Waals surface area contributed by atoms with Crippen molar-refractivity contribution in [3.05, 3.63) is 0 Å². The Bertz CT molecular complexity index is 238. The van der Waals surface area contributed by atoms with Crippen molar-refractivity contribution in [3.63, 3.8) is 0 Å². The van der Waals surface area contributed by atoms with Crippen molar-refractivity contribution < 1.29 is 19.1 Å². The maximum Gasteiger partial charge on any atom is 0.306 e. The summed E-state index contributed by atoms with van der Waals surface area (Å²) < 4.78 is 10.3. The molecule has 0 N–H and O–H groups in total. The summed E-state index contributed by atoms with van der Waals surface area (Å²) in [5.74, 6) is 0.463. The molecule has 2 bridgehead atoms. The summed E-state index contributed by atoms with van der Waals surface area (Å²) in [6, 6.07) is 0. The van der Waals surface area contributed by atoms with E-state index >= 15 is 0 Å². The Morgan fingerprint density at radius 1 is 0.750 bits per heavy atom. The van der Waals surface area contributed by atoms with Crippen LogP contribution in [0.15, 0.2) is 0 Å². The first-order valence-corrected chi connectivity index (χ1v) is 6.05. The molecule has 0 radical (unpaired) electrons. The minimum atomic E-state index is -0.278. The standard InChI is InChI=1S/C12H18O4/c13-11-5-6-12(14)16-8-10-2-1-9(3-4-10)7-15-11/h9-10H,1-8H2/t9-,10+. The average molecular weight is 226 g/mol. The second-order valence-electron chi connectivity index (χ2n) is 4.75. The van der Waals surface area contributed by atoms with Crippen LogP contribution in [0.25, 0.3) is 0 Å². The average Bonchev–Trinajstić information content (AvgIpc) is 2.31. The van der Waals surface area contributed by atoms with E-state index in [2.05, 4.69) is 0 Å². The Morgan fingerprint density at radius 2 is 1.12 bits per heavy atom.